The summed E-state index contributed by atoms with van der Waals surface area (Å²) in [4.78, 5) is 9.15. The Hall–Kier alpha value is -1.24. The molecule has 0 unspecified atom stereocenters. The van der Waals surface area contributed by atoms with Crippen LogP contribution in [0.3, 0.4) is 0 Å². The van der Waals surface area contributed by atoms with E-state index in [0.29, 0.717) is 13.1 Å². The molecule has 1 aromatic carbocycles. The van der Waals surface area contributed by atoms with Crippen LogP contribution in [-0.2, 0) is 11.3 Å². The van der Waals surface area contributed by atoms with Crippen LogP contribution in [0.5, 0.6) is 0 Å². The molecule has 130 valence electrons. The van der Waals surface area contributed by atoms with E-state index in [1.165, 1.54) is 0 Å². The fourth-order valence-electron chi connectivity index (χ4n) is 3.07. The second kappa shape index (κ2) is 8.74. The van der Waals surface area contributed by atoms with Gasteiger partial charge in [0.2, 0.25) is 0 Å². The van der Waals surface area contributed by atoms with Crippen LogP contribution in [0, 0.1) is 0 Å². The minimum Gasteiger partial charge on any atom is -0.395 e. The largest absolute Gasteiger partial charge is 0.395 e. The molecule has 1 aliphatic heterocycles. The van der Waals surface area contributed by atoms with Crippen LogP contribution in [0.15, 0.2) is 30.5 Å². The van der Waals surface area contributed by atoms with Gasteiger partial charge in [-0.05, 0) is 12.1 Å². The maximum atomic E-state index is 9.41. The Bertz CT molecular complexity index is 662. The van der Waals surface area contributed by atoms with Gasteiger partial charge in [0.15, 0.2) is 0 Å². The number of hydrogen-bond acceptors (Lipinski definition) is 5. The number of benzene rings is 1. The van der Waals surface area contributed by atoms with Crippen LogP contribution in [0.25, 0.3) is 10.9 Å². The lowest BCUT2D eigenvalue weighted by molar-refractivity contribution is 0.0320. The normalized spacial score (nSPS) is 16.1. The summed E-state index contributed by atoms with van der Waals surface area (Å²) in [5.41, 5.74) is 1.98. The van der Waals surface area contributed by atoms with Crippen molar-refractivity contribution in [2.75, 3.05) is 52.5 Å². The topological polar surface area (TPSA) is 48.8 Å². The predicted octanol–water partition coefficient (Wildman–Crippen LogP) is 2.01. The van der Waals surface area contributed by atoms with Gasteiger partial charge in [-0.2, -0.15) is 0 Å². The van der Waals surface area contributed by atoms with E-state index in [0.717, 1.165) is 60.9 Å². The van der Waals surface area contributed by atoms with Crippen LogP contribution in [-0.4, -0.2) is 72.4 Å². The molecule has 1 aliphatic rings. The van der Waals surface area contributed by atoms with Gasteiger partial charge in [-0.15, -0.1) is 0 Å². The van der Waals surface area contributed by atoms with Gasteiger partial charge in [-0.25, -0.2) is 0 Å². The number of rotatable bonds is 7. The molecule has 0 aliphatic carbocycles. The zero-order valence-electron chi connectivity index (χ0n) is 13.8. The number of aliphatic hydroxyl groups excluding tert-OH is 1. The number of aliphatic hydroxyl groups is 1. The van der Waals surface area contributed by atoms with Crippen molar-refractivity contribution in [3.05, 3.63) is 41.0 Å². The van der Waals surface area contributed by atoms with Crippen LogP contribution in [0.4, 0.5) is 0 Å². The fourth-order valence-corrected chi connectivity index (χ4v) is 3.29. The zero-order valence-corrected chi connectivity index (χ0v) is 14.6. The lowest BCUT2D eigenvalue weighted by atomic mass is 10.1. The van der Waals surface area contributed by atoms with Gasteiger partial charge in [0.25, 0.3) is 0 Å². The maximum absolute atomic E-state index is 9.41. The highest BCUT2D eigenvalue weighted by Crippen LogP contribution is 2.25. The molecule has 1 fully saturated rings. The maximum Gasteiger partial charge on any atom is 0.0761 e. The number of aromatic nitrogens is 1. The van der Waals surface area contributed by atoms with Gasteiger partial charge in [0.05, 0.1) is 25.3 Å². The molecule has 0 amide bonds. The van der Waals surface area contributed by atoms with Crippen LogP contribution < -0.4 is 0 Å². The molecular formula is C18H24ClN3O2. The second-order valence-electron chi connectivity index (χ2n) is 6.05. The summed E-state index contributed by atoms with van der Waals surface area (Å²) in [6.45, 7) is 6.88. The van der Waals surface area contributed by atoms with E-state index in [2.05, 4.69) is 14.8 Å². The molecule has 0 saturated carbocycles. The number of hydrogen-bond donors (Lipinski definition) is 1. The molecule has 1 N–H and O–H groups in total. The SMILES string of the molecule is OCCN(CCN1CCOCC1)Cc1c(Cl)ccc2cccnc12. The highest BCUT2D eigenvalue weighted by molar-refractivity contribution is 6.32. The molecule has 5 nitrogen and oxygen atoms in total. The third kappa shape index (κ3) is 4.43. The summed E-state index contributed by atoms with van der Waals surface area (Å²) in [5, 5.41) is 11.2. The van der Waals surface area contributed by atoms with Crippen molar-refractivity contribution >= 4 is 22.5 Å². The van der Waals surface area contributed by atoms with Crippen LogP contribution >= 0.6 is 11.6 Å². The Labute approximate surface area is 147 Å². The van der Waals surface area contributed by atoms with Crippen molar-refractivity contribution in [3.63, 3.8) is 0 Å². The number of fused-ring (bicyclic) bond motifs is 1. The molecule has 3 rings (SSSR count). The average Bonchev–Trinajstić information content (AvgIpc) is 2.63. The van der Waals surface area contributed by atoms with E-state index in [-0.39, 0.29) is 6.61 Å². The van der Waals surface area contributed by atoms with Crippen molar-refractivity contribution in [2.24, 2.45) is 0 Å². The number of nitrogens with zero attached hydrogens (tertiary/aromatic N) is 3. The third-order valence-electron chi connectivity index (χ3n) is 4.46. The first kappa shape index (κ1) is 17.6. The first-order valence-electron chi connectivity index (χ1n) is 8.43. The first-order valence-corrected chi connectivity index (χ1v) is 8.81. The number of halogens is 1. The number of pyridine rings is 1. The molecule has 2 heterocycles. The van der Waals surface area contributed by atoms with Gasteiger partial charge < -0.3 is 9.84 Å². The molecule has 0 radical (unpaired) electrons. The molecule has 0 bridgehead atoms. The van der Waals surface area contributed by atoms with E-state index >= 15 is 0 Å². The van der Waals surface area contributed by atoms with Crippen molar-refractivity contribution in [1.82, 2.24) is 14.8 Å². The van der Waals surface area contributed by atoms with Gasteiger partial charge in [-0.1, -0.05) is 23.7 Å². The van der Waals surface area contributed by atoms with Gasteiger partial charge in [0, 0.05) is 61.4 Å². The van der Waals surface area contributed by atoms with Crippen LogP contribution in [0.1, 0.15) is 5.56 Å². The minimum absolute atomic E-state index is 0.138. The summed E-state index contributed by atoms with van der Waals surface area (Å²) in [6.07, 6.45) is 1.80. The molecule has 2 aromatic rings. The Morgan fingerprint density at radius 1 is 1.21 bits per heavy atom. The summed E-state index contributed by atoms with van der Waals surface area (Å²) >= 11 is 6.44. The minimum atomic E-state index is 0.138. The third-order valence-corrected chi connectivity index (χ3v) is 4.81. The highest BCUT2D eigenvalue weighted by Gasteiger charge is 2.15. The molecule has 6 heteroatoms. The molecule has 1 aromatic heterocycles. The first-order chi connectivity index (χ1) is 11.8. The lowest BCUT2D eigenvalue weighted by Crippen LogP contribution is -2.41. The van der Waals surface area contributed by atoms with E-state index in [9.17, 15) is 5.11 Å². The lowest BCUT2D eigenvalue weighted by Gasteiger charge is -2.30. The second-order valence-corrected chi connectivity index (χ2v) is 6.46. The molecular weight excluding hydrogens is 326 g/mol. The van der Waals surface area contributed by atoms with E-state index < -0.39 is 0 Å². The Morgan fingerprint density at radius 2 is 2.04 bits per heavy atom. The average molecular weight is 350 g/mol. The molecule has 1 saturated heterocycles. The molecule has 0 spiro atoms. The predicted molar refractivity (Wildman–Crippen MR) is 96.4 cm³/mol. The summed E-state index contributed by atoms with van der Waals surface area (Å²) in [5.74, 6) is 0. The standard InChI is InChI=1S/C18H24ClN3O2/c19-17-4-3-15-2-1-5-20-18(15)16(17)14-22(8-11-23)7-6-21-9-12-24-13-10-21/h1-5,23H,6-14H2. The zero-order chi connectivity index (χ0) is 16.8. The van der Waals surface area contributed by atoms with E-state index in [1.54, 1.807) is 6.20 Å². The van der Waals surface area contributed by atoms with Gasteiger partial charge in [0.1, 0.15) is 0 Å². The Kier molecular flexibility index (Phi) is 6.40. The van der Waals surface area contributed by atoms with Crippen molar-refractivity contribution in [2.45, 2.75) is 6.54 Å². The van der Waals surface area contributed by atoms with E-state index in [1.807, 2.05) is 24.3 Å². The monoisotopic (exact) mass is 349 g/mol. The number of morpholine rings is 1. The quantitative estimate of drug-likeness (QED) is 0.828. The van der Waals surface area contributed by atoms with Gasteiger partial charge in [-0.3, -0.25) is 14.8 Å². The van der Waals surface area contributed by atoms with Crippen molar-refractivity contribution in [3.8, 4) is 0 Å². The fraction of sp³-hybridized carbons (Fsp3) is 0.500. The summed E-state index contributed by atoms with van der Waals surface area (Å²) < 4.78 is 5.39. The highest BCUT2D eigenvalue weighted by atomic mass is 35.5. The Balaban J connectivity index is 1.71. The van der Waals surface area contributed by atoms with Gasteiger partial charge >= 0.3 is 0 Å². The smallest absolute Gasteiger partial charge is 0.0761 e. The summed E-state index contributed by atoms with van der Waals surface area (Å²) in [6, 6.07) is 7.91. The Morgan fingerprint density at radius 3 is 2.83 bits per heavy atom. The van der Waals surface area contributed by atoms with Crippen molar-refractivity contribution in [1.29, 1.82) is 0 Å². The molecule has 0 atom stereocenters. The van der Waals surface area contributed by atoms with Crippen molar-refractivity contribution < 1.29 is 9.84 Å². The molecule has 24 heavy (non-hydrogen) atoms. The summed E-state index contributed by atoms with van der Waals surface area (Å²) in [7, 11) is 0. The van der Waals surface area contributed by atoms with Crippen LogP contribution in [0.2, 0.25) is 5.02 Å². The number of ether oxygens (including phenoxy) is 1. The van der Waals surface area contributed by atoms with E-state index in [4.69, 9.17) is 16.3 Å².